The lowest BCUT2D eigenvalue weighted by Crippen LogP contribution is -2.33. The number of nitrogens with one attached hydrogen (secondary N) is 1. The molecule has 0 aliphatic carbocycles. The molecule has 31 heavy (non-hydrogen) atoms. The van der Waals surface area contributed by atoms with Gasteiger partial charge in [-0.3, -0.25) is 9.78 Å². The van der Waals surface area contributed by atoms with Gasteiger partial charge in [0.25, 0.3) is 5.56 Å². The molecule has 6 nitrogen and oxygen atoms in total. The molecule has 0 fully saturated rings. The molecule has 1 N–H and O–H groups in total. The molecule has 0 saturated carbocycles. The maximum atomic E-state index is 15.3. The van der Waals surface area contributed by atoms with E-state index in [0.717, 1.165) is 15.1 Å². The summed E-state index contributed by atoms with van der Waals surface area (Å²) >= 11 is 8.01. The van der Waals surface area contributed by atoms with Crippen LogP contribution in [0.3, 0.4) is 0 Å². The van der Waals surface area contributed by atoms with Crippen LogP contribution in [0, 0.1) is 24.1 Å². The Labute approximate surface area is 187 Å². The summed E-state index contributed by atoms with van der Waals surface area (Å²) < 4.78 is 16.2. The number of thioether (sulfide) groups is 1. The fourth-order valence-corrected chi connectivity index (χ4v) is 4.49. The number of hydrogen-bond acceptors (Lipinski definition) is 5. The van der Waals surface area contributed by atoms with E-state index in [1.165, 1.54) is 17.8 Å². The molecule has 0 bridgehead atoms. The number of nitrogens with zero attached hydrogens (tertiary/aromatic N) is 3. The summed E-state index contributed by atoms with van der Waals surface area (Å²) in [6.45, 7) is 5.71. The summed E-state index contributed by atoms with van der Waals surface area (Å²) in [5.41, 5.74) is 0.878. The summed E-state index contributed by atoms with van der Waals surface area (Å²) in [5.74, 6) is -0.201. The van der Waals surface area contributed by atoms with Crippen LogP contribution in [-0.4, -0.2) is 21.0 Å². The lowest BCUT2D eigenvalue weighted by Gasteiger charge is -2.17. The second kappa shape index (κ2) is 9.08. The minimum absolute atomic E-state index is 0.0360. The molecule has 9 heteroatoms. The molecule has 0 aliphatic rings. The minimum Gasteiger partial charge on any atom is -0.270 e. The number of H-pyrrole nitrogens is 1. The van der Waals surface area contributed by atoms with Gasteiger partial charge in [0.2, 0.25) is 5.69 Å². The number of aryl methyl sites for hydroxylation is 1. The Morgan fingerprint density at radius 2 is 2.03 bits per heavy atom. The van der Waals surface area contributed by atoms with Crippen LogP contribution in [-0.2, 0) is 6.42 Å². The average molecular weight is 459 g/mol. The summed E-state index contributed by atoms with van der Waals surface area (Å²) in [5, 5.41) is 13.1. The largest absolute Gasteiger partial charge is 0.349 e. The molecular formula is C22H20ClFN4O2S. The first-order valence-electron chi connectivity index (χ1n) is 9.46. The predicted octanol–water partition coefficient (Wildman–Crippen LogP) is 4.33. The van der Waals surface area contributed by atoms with E-state index in [1.54, 1.807) is 25.1 Å². The van der Waals surface area contributed by atoms with E-state index in [2.05, 4.69) is 10.1 Å². The smallest absolute Gasteiger partial charge is 0.270 e. The highest BCUT2D eigenvalue weighted by Crippen LogP contribution is 2.33. The van der Waals surface area contributed by atoms with Crippen molar-refractivity contribution in [1.82, 2.24) is 14.8 Å². The fourth-order valence-electron chi connectivity index (χ4n) is 3.41. The van der Waals surface area contributed by atoms with Crippen molar-refractivity contribution in [3.05, 3.63) is 83.9 Å². The van der Waals surface area contributed by atoms with Crippen LogP contribution in [0.1, 0.15) is 47.7 Å². The van der Waals surface area contributed by atoms with Gasteiger partial charge in [-0.2, -0.15) is 9.94 Å². The van der Waals surface area contributed by atoms with Crippen molar-refractivity contribution in [1.29, 1.82) is 5.26 Å². The van der Waals surface area contributed by atoms with Gasteiger partial charge in [0.1, 0.15) is 11.9 Å². The highest BCUT2D eigenvalue weighted by atomic mass is 35.5. The predicted molar refractivity (Wildman–Crippen MR) is 120 cm³/mol. The maximum absolute atomic E-state index is 15.3. The molecule has 2 aromatic carbocycles. The SMILES string of the molecule is CSc1ccc(Cc2c(C)cc(-n3nc(C#N)c(=O)[nH]c3=O)cc2Cl)c(F)c1C(C)C. The number of nitriles is 1. The number of benzene rings is 2. The molecule has 0 unspecified atom stereocenters. The van der Waals surface area contributed by atoms with E-state index >= 15 is 4.39 Å². The van der Waals surface area contributed by atoms with Gasteiger partial charge in [0.15, 0.2) is 0 Å². The Morgan fingerprint density at radius 3 is 2.61 bits per heavy atom. The van der Waals surface area contributed by atoms with Crippen molar-refractivity contribution in [2.75, 3.05) is 6.26 Å². The highest BCUT2D eigenvalue weighted by Gasteiger charge is 2.18. The van der Waals surface area contributed by atoms with Crippen molar-refractivity contribution in [2.24, 2.45) is 0 Å². The summed E-state index contributed by atoms with van der Waals surface area (Å²) in [4.78, 5) is 26.7. The fraction of sp³-hybridized carbons (Fsp3) is 0.273. The van der Waals surface area contributed by atoms with Crippen LogP contribution < -0.4 is 11.2 Å². The molecule has 0 spiro atoms. The first-order valence-corrected chi connectivity index (χ1v) is 11.1. The molecule has 1 heterocycles. The van der Waals surface area contributed by atoms with Crippen LogP contribution in [0.5, 0.6) is 0 Å². The van der Waals surface area contributed by atoms with Crippen LogP contribution in [0.25, 0.3) is 5.69 Å². The monoisotopic (exact) mass is 458 g/mol. The quantitative estimate of drug-likeness (QED) is 0.574. The Morgan fingerprint density at radius 1 is 1.32 bits per heavy atom. The van der Waals surface area contributed by atoms with Crippen LogP contribution in [0.15, 0.2) is 38.8 Å². The summed E-state index contributed by atoms with van der Waals surface area (Å²) in [6.07, 6.45) is 2.20. The average Bonchev–Trinajstić information content (AvgIpc) is 2.71. The van der Waals surface area contributed by atoms with Crippen LogP contribution in [0.4, 0.5) is 4.39 Å². The third kappa shape index (κ3) is 4.43. The van der Waals surface area contributed by atoms with Crippen molar-refractivity contribution in [2.45, 2.75) is 38.0 Å². The Bertz CT molecular complexity index is 1300. The van der Waals surface area contributed by atoms with E-state index < -0.39 is 16.9 Å². The summed E-state index contributed by atoms with van der Waals surface area (Å²) in [6, 6.07) is 8.50. The second-order valence-electron chi connectivity index (χ2n) is 7.34. The van der Waals surface area contributed by atoms with Gasteiger partial charge in [-0.15, -0.1) is 16.9 Å². The number of aromatic amines is 1. The van der Waals surface area contributed by atoms with Gasteiger partial charge >= 0.3 is 5.69 Å². The third-order valence-corrected chi connectivity index (χ3v) is 6.10. The van der Waals surface area contributed by atoms with Gasteiger partial charge in [0.05, 0.1) is 5.69 Å². The molecule has 0 amide bonds. The molecule has 1 aromatic heterocycles. The van der Waals surface area contributed by atoms with Gasteiger partial charge < -0.3 is 0 Å². The van der Waals surface area contributed by atoms with E-state index in [1.807, 2.05) is 26.2 Å². The minimum atomic E-state index is -0.853. The first kappa shape index (κ1) is 22.8. The zero-order valence-electron chi connectivity index (χ0n) is 17.4. The highest BCUT2D eigenvalue weighted by molar-refractivity contribution is 7.98. The number of aromatic nitrogens is 3. The number of halogens is 2. The van der Waals surface area contributed by atoms with Crippen LogP contribution >= 0.6 is 23.4 Å². The van der Waals surface area contributed by atoms with Crippen molar-refractivity contribution < 1.29 is 4.39 Å². The molecule has 3 aromatic rings. The molecule has 3 rings (SSSR count). The summed E-state index contributed by atoms with van der Waals surface area (Å²) in [7, 11) is 0. The molecular weight excluding hydrogens is 439 g/mol. The molecule has 0 saturated heterocycles. The topological polar surface area (TPSA) is 91.5 Å². The lowest BCUT2D eigenvalue weighted by molar-refractivity contribution is 0.578. The molecule has 0 radical (unpaired) electrons. The zero-order chi connectivity index (χ0) is 22.9. The first-order chi connectivity index (χ1) is 14.7. The van der Waals surface area contributed by atoms with Gasteiger partial charge in [-0.25, -0.2) is 9.18 Å². The molecule has 0 aliphatic heterocycles. The Balaban J connectivity index is 2.08. The normalized spacial score (nSPS) is 11.0. The van der Waals surface area contributed by atoms with Gasteiger partial charge in [-0.05, 0) is 54.0 Å². The zero-order valence-corrected chi connectivity index (χ0v) is 19.0. The third-order valence-electron chi connectivity index (χ3n) is 4.97. The lowest BCUT2D eigenvalue weighted by atomic mass is 9.94. The van der Waals surface area contributed by atoms with E-state index in [-0.39, 0.29) is 18.2 Å². The van der Waals surface area contributed by atoms with Crippen LogP contribution in [0.2, 0.25) is 5.02 Å². The molecule has 160 valence electrons. The van der Waals surface area contributed by atoms with Crippen molar-refractivity contribution in [3.8, 4) is 11.8 Å². The number of rotatable bonds is 5. The van der Waals surface area contributed by atoms with E-state index in [4.69, 9.17) is 16.9 Å². The number of hydrogen-bond donors (Lipinski definition) is 1. The Kier molecular flexibility index (Phi) is 6.68. The van der Waals surface area contributed by atoms with Gasteiger partial charge in [-0.1, -0.05) is 31.5 Å². The van der Waals surface area contributed by atoms with Gasteiger partial charge in [0, 0.05) is 21.9 Å². The standard InChI is InChI=1S/C22H20ClFN4O2S/c1-11(2)19-18(31-4)6-5-13(20(19)24)8-15-12(3)7-14(9-16(15)23)28-22(30)26-21(29)17(10-25)27-28/h5-7,9,11H,8H2,1-4H3,(H,26,29,30). The van der Waals surface area contributed by atoms with Crippen molar-refractivity contribution >= 4 is 23.4 Å². The second-order valence-corrected chi connectivity index (χ2v) is 8.60. The maximum Gasteiger partial charge on any atom is 0.349 e. The molecule has 0 atom stereocenters. The Hall–Kier alpha value is -2.89. The van der Waals surface area contributed by atoms with E-state index in [9.17, 15) is 9.59 Å². The van der Waals surface area contributed by atoms with Crippen molar-refractivity contribution in [3.63, 3.8) is 0 Å². The van der Waals surface area contributed by atoms with E-state index in [0.29, 0.717) is 27.4 Å².